The number of ether oxygens (including phenoxy) is 2. The molecule has 3 N–H and O–H groups in total. The summed E-state index contributed by atoms with van der Waals surface area (Å²) in [5.41, 5.74) is 0.462. The highest BCUT2D eigenvalue weighted by Crippen LogP contribution is 2.32. The lowest BCUT2D eigenvalue weighted by atomic mass is 10.0. The van der Waals surface area contributed by atoms with Crippen molar-refractivity contribution in [3.8, 4) is 11.5 Å². The summed E-state index contributed by atoms with van der Waals surface area (Å²) >= 11 is 1.79. The molecule has 6 nitrogen and oxygen atoms in total. The second kappa shape index (κ2) is 6.66. The molecule has 1 aromatic rings. The first-order valence-corrected chi connectivity index (χ1v) is 8.47. The Labute approximate surface area is 134 Å². The van der Waals surface area contributed by atoms with Gasteiger partial charge in [0.1, 0.15) is 0 Å². The van der Waals surface area contributed by atoms with Crippen molar-refractivity contribution >= 4 is 17.7 Å². The van der Waals surface area contributed by atoms with Crippen molar-refractivity contribution in [1.29, 1.82) is 0 Å². The molecular weight excluding hydrogens is 302 g/mol. The highest BCUT2D eigenvalue weighted by Gasteiger charge is 2.31. The molecule has 2 aliphatic heterocycles. The molecule has 1 aromatic carbocycles. The van der Waals surface area contributed by atoms with E-state index in [1.807, 2.05) is 18.2 Å². The lowest BCUT2D eigenvalue weighted by molar-refractivity contribution is 0.0724. The van der Waals surface area contributed by atoms with Gasteiger partial charge in [-0.3, -0.25) is 4.99 Å². The number of rotatable bonds is 4. The fourth-order valence-corrected chi connectivity index (χ4v) is 3.74. The van der Waals surface area contributed by atoms with E-state index < -0.39 is 5.60 Å². The molecule has 2 aliphatic rings. The Morgan fingerprint density at radius 1 is 1.36 bits per heavy atom. The third-order valence-electron chi connectivity index (χ3n) is 3.79. The molecule has 0 aromatic heterocycles. The topological polar surface area (TPSA) is 75.1 Å². The summed E-state index contributed by atoms with van der Waals surface area (Å²) in [5.74, 6) is 4.04. The molecule has 120 valence electrons. The summed E-state index contributed by atoms with van der Waals surface area (Å²) in [4.78, 5) is 4.19. The summed E-state index contributed by atoms with van der Waals surface area (Å²) < 4.78 is 10.7. The van der Waals surface area contributed by atoms with Crippen LogP contribution in [-0.2, 0) is 6.54 Å². The Morgan fingerprint density at radius 2 is 2.23 bits per heavy atom. The fraction of sp³-hybridized carbons (Fsp3) is 0.533. The van der Waals surface area contributed by atoms with Gasteiger partial charge in [0.05, 0.1) is 5.60 Å². The molecule has 2 heterocycles. The van der Waals surface area contributed by atoms with Gasteiger partial charge in [0.15, 0.2) is 17.5 Å². The Balaban J connectivity index is 1.50. The van der Waals surface area contributed by atoms with Gasteiger partial charge in [0, 0.05) is 25.9 Å². The average molecular weight is 323 g/mol. The highest BCUT2D eigenvalue weighted by atomic mass is 32.2. The molecule has 3 rings (SSSR count). The van der Waals surface area contributed by atoms with Gasteiger partial charge in [-0.2, -0.15) is 11.8 Å². The van der Waals surface area contributed by atoms with Crippen molar-refractivity contribution in [2.45, 2.75) is 18.6 Å². The number of aliphatic hydroxyl groups is 1. The first kappa shape index (κ1) is 15.3. The maximum atomic E-state index is 10.3. The van der Waals surface area contributed by atoms with Gasteiger partial charge >= 0.3 is 0 Å². The number of hydrogen-bond donors (Lipinski definition) is 3. The van der Waals surface area contributed by atoms with E-state index in [2.05, 4.69) is 15.6 Å². The van der Waals surface area contributed by atoms with E-state index in [0.29, 0.717) is 19.0 Å². The minimum atomic E-state index is -0.624. The summed E-state index contributed by atoms with van der Waals surface area (Å²) in [5, 5.41) is 16.8. The van der Waals surface area contributed by atoms with Crippen molar-refractivity contribution in [3.63, 3.8) is 0 Å². The SMILES string of the molecule is CN=C(NCc1ccc2c(c1)OCO2)NCC1(O)CCSC1. The molecule has 0 radical (unpaired) electrons. The van der Waals surface area contributed by atoms with Crippen LogP contribution in [0.1, 0.15) is 12.0 Å². The van der Waals surface area contributed by atoms with Gasteiger partial charge in [-0.1, -0.05) is 6.07 Å². The number of aliphatic imine (C=N–C) groups is 1. The number of fused-ring (bicyclic) bond motifs is 1. The standard InChI is InChI=1S/C15H21N3O3S/c1-16-14(18-8-15(19)4-5-22-9-15)17-7-11-2-3-12-13(6-11)21-10-20-12/h2-3,6,19H,4-5,7-10H2,1H3,(H2,16,17,18). The van der Waals surface area contributed by atoms with Crippen LogP contribution in [0.4, 0.5) is 0 Å². The molecule has 1 atom stereocenters. The number of nitrogens with zero attached hydrogens (tertiary/aromatic N) is 1. The summed E-state index contributed by atoms with van der Waals surface area (Å²) in [6, 6.07) is 5.87. The van der Waals surface area contributed by atoms with E-state index in [1.54, 1.807) is 18.8 Å². The maximum Gasteiger partial charge on any atom is 0.231 e. The third-order valence-corrected chi connectivity index (χ3v) is 5.02. The second-order valence-corrected chi connectivity index (χ2v) is 6.60. The molecule has 1 saturated heterocycles. The zero-order valence-corrected chi connectivity index (χ0v) is 13.4. The van der Waals surface area contributed by atoms with Gasteiger partial charge in [-0.15, -0.1) is 0 Å². The molecule has 0 amide bonds. The van der Waals surface area contributed by atoms with Crippen molar-refractivity contribution < 1.29 is 14.6 Å². The molecule has 22 heavy (non-hydrogen) atoms. The predicted octanol–water partition coefficient (Wildman–Crippen LogP) is 0.948. The summed E-state index contributed by atoms with van der Waals surface area (Å²) in [6.45, 7) is 1.43. The van der Waals surface area contributed by atoms with Crippen LogP contribution in [-0.4, -0.2) is 48.6 Å². The lowest BCUT2D eigenvalue weighted by Crippen LogP contribution is -2.47. The highest BCUT2D eigenvalue weighted by molar-refractivity contribution is 7.99. The first-order valence-electron chi connectivity index (χ1n) is 7.32. The largest absolute Gasteiger partial charge is 0.454 e. The van der Waals surface area contributed by atoms with E-state index in [4.69, 9.17) is 9.47 Å². The van der Waals surface area contributed by atoms with E-state index >= 15 is 0 Å². The number of hydrogen-bond acceptors (Lipinski definition) is 5. The maximum absolute atomic E-state index is 10.3. The van der Waals surface area contributed by atoms with Crippen molar-refractivity contribution in [2.75, 3.05) is 31.9 Å². The molecule has 0 spiro atoms. The van der Waals surface area contributed by atoms with Gasteiger partial charge in [-0.05, 0) is 29.9 Å². The third kappa shape index (κ3) is 3.59. The van der Waals surface area contributed by atoms with E-state index in [1.165, 1.54) is 0 Å². The minimum absolute atomic E-state index is 0.284. The van der Waals surface area contributed by atoms with Crippen molar-refractivity contribution in [2.24, 2.45) is 4.99 Å². The Bertz CT molecular complexity index is 559. The van der Waals surface area contributed by atoms with Crippen molar-refractivity contribution in [3.05, 3.63) is 23.8 Å². The molecule has 1 unspecified atom stereocenters. The molecule has 7 heteroatoms. The van der Waals surface area contributed by atoms with Crippen LogP contribution in [0.3, 0.4) is 0 Å². The quantitative estimate of drug-likeness (QED) is 0.566. The van der Waals surface area contributed by atoms with Crippen LogP contribution in [0.5, 0.6) is 11.5 Å². The molecule has 0 saturated carbocycles. The second-order valence-electron chi connectivity index (χ2n) is 5.49. The van der Waals surface area contributed by atoms with E-state index in [9.17, 15) is 5.11 Å². The Morgan fingerprint density at radius 3 is 3.00 bits per heavy atom. The monoisotopic (exact) mass is 323 g/mol. The number of thioether (sulfide) groups is 1. The zero-order chi connectivity index (χ0) is 15.4. The summed E-state index contributed by atoms with van der Waals surface area (Å²) in [7, 11) is 1.72. The molecule has 0 aliphatic carbocycles. The lowest BCUT2D eigenvalue weighted by Gasteiger charge is -2.23. The van der Waals surface area contributed by atoms with Crippen LogP contribution in [0.15, 0.2) is 23.2 Å². The smallest absolute Gasteiger partial charge is 0.231 e. The van der Waals surface area contributed by atoms with E-state index in [-0.39, 0.29) is 6.79 Å². The fourth-order valence-electron chi connectivity index (χ4n) is 2.44. The van der Waals surface area contributed by atoms with Gasteiger partial charge in [0.2, 0.25) is 6.79 Å². The minimum Gasteiger partial charge on any atom is -0.454 e. The summed E-state index contributed by atoms with van der Waals surface area (Å²) in [6.07, 6.45) is 0.823. The van der Waals surface area contributed by atoms with E-state index in [0.717, 1.165) is 35.0 Å². The number of nitrogens with one attached hydrogen (secondary N) is 2. The zero-order valence-electron chi connectivity index (χ0n) is 12.6. The molecule has 0 bridgehead atoms. The molecular formula is C15H21N3O3S. The Kier molecular flexibility index (Phi) is 4.63. The van der Waals surface area contributed by atoms with Crippen molar-refractivity contribution in [1.82, 2.24) is 10.6 Å². The number of guanidine groups is 1. The van der Waals surface area contributed by atoms with Crippen LogP contribution < -0.4 is 20.1 Å². The van der Waals surface area contributed by atoms with Gasteiger partial charge < -0.3 is 25.2 Å². The van der Waals surface area contributed by atoms with Crippen LogP contribution >= 0.6 is 11.8 Å². The van der Waals surface area contributed by atoms with Crippen LogP contribution in [0.25, 0.3) is 0 Å². The number of benzene rings is 1. The van der Waals surface area contributed by atoms with Gasteiger partial charge in [0.25, 0.3) is 0 Å². The van der Waals surface area contributed by atoms with Crippen LogP contribution in [0, 0.1) is 0 Å². The average Bonchev–Trinajstić information content (AvgIpc) is 3.16. The first-order chi connectivity index (χ1) is 10.7. The predicted molar refractivity (Wildman–Crippen MR) is 87.7 cm³/mol. The van der Waals surface area contributed by atoms with Gasteiger partial charge in [-0.25, -0.2) is 0 Å². The normalized spacial score (nSPS) is 23.6. The Hall–Kier alpha value is -1.60. The molecule has 1 fully saturated rings. The van der Waals surface area contributed by atoms with Crippen LogP contribution in [0.2, 0.25) is 0 Å².